The third kappa shape index (κ3) is 3.38. The van der Waals surface area contributed by atoms with E-state index in [0.717, 1.165) is 22.5 Å². The maximum absolute atomic E-state index is 6.14. The van der Waals surface area contributed by atoms with Gasteiger partial charge in [-0.25, -0.2) is 0 Å². The summed E-state index contributed by atoms with van der Waals surface area (Å²) in [5.41, 5.74) is 9.19. The lowest BCUT2D eigenvalue weighted by molar-refractivity contribution is 1.43. The molecular weight excluding hydrogens is 299 g/mol. The number of aryl methyl sites for hydroxylation is 1. The van der Waals surface area contributed by atoms with E-state index in [9.17, 15) is 0 Å². The minimum atomic E-state index is 0.340. The number of hydrogen-bond donors (Lipinski definition) is 2. The van der Waals surface area contributed by atoms with Gasteiger partial charge >= 0.3 is 0 Å². The topological polar surface area (TPSA) is 38.0 Å². The molecular formula is C14H12Cl2N2S. The van der Waals surface area contributed by atoms with Crippen molar-refractivity contribution >= 4 is 51.8 Å². The van der Waals surface area contributed by atoms with E-state index < -0.39 is 0 Å². The third-order valence-electron chi connectivity index (χ3n) is 2.64. The zero-order chi connectivity index (χ0) is 14.0. The summed E-state index contributed by atoms with van der Waals surface area (Å²) in [6, 6.07) is 11.1. The van der Waals surface area contributed by atoms with E-state index >= 15 is 0 Å². The van der Waals surface area contributed by atoms with E-state index in [1.807, 2.05) is 31.2 Å². The maximum Gasteiger partial charge on any atom is 0.106 e. The van der Waals surface area contributed by atoms with Gasteiger partial charge in [-0.3, -0.25) is 0 Å². The molecule has 0 bridgehead atoms. The maximum atomic E-state index is 6.14. The van der Waals surface area contributed by atoms with Gasteiger partial charge in [0.1, 0.15) is 4.99 Å². The van der Waals surface area contributed by atoms with Crippen LogP contribution in [0.4, 0.5) is 11.4 Å². The fourth-order valence-corrected chi connectivity index (χ4v) is 2.35. The van der Waals surface area contributed by atoms with Crippen molar-refractivity contribution in [3.8, 4) is 0 Å². The molecule has 0 spiro atoms. The first-order chi connectivity index (χ1) is 8.97. The van der Waals surface area contributed by atoms with E-state index in [0.29, 0.717) is 15.0 Å². The number of anilines is 2. The highest BCUT2D eigenvalue weighted by Gasteiger charge is 2.08. The Morgan fingerprint density at radius 1 is 1.11 bits per heavy atom. The Hall–Kier alpha value is -1.29. The SMILES string of the molecule is Cc1ccc(C(N)=S)c(Nc2ccc(Cl)cc2Cl)c1. The Morgan fingerprint density at radius 2 is 1.84 bits per heavy atom. The van der Waals surface area contributed by atoms with Crippen LogP contribution in [0.1, 0.15) is 11.1 Å². The second-order valence-corrected chi connectivity index (χ2v) is 5.45. The van der Waals surface area contributed by atoms with E-state index in [1.54, 1.807) is 12.1 Å². The van der Waals surface area contributed by atoms with Gasteiger partial charge in [-0.05, 0) is 42.8 Å². The molecule has 0 aliphatic rings. The van der Waals surface area contributed by atoms with Crippen LogP contribution in [0.25, 0.3) is 0 Å². The standard InChI is InChI=1S/C14H12Cl2N2S/c1-8-2-4-10(14(17)19)13(6-8)18-12-5-3-9(15)7-11(12)16/h2-7,18H,1H3,(H2,17,19). The van der Waals surface area contributed by atoms with E-state index in [4.69, 9.17) is 41.2 Å². The van der Waals surface area contributed by atoms with Crippen molar-refractivity contribution in [2.75, 3.05) is 5.32 Å². The van der Waals surface area contributed by atoms with Crippen molar-refractivity contribution < 1.29 is 0 Å². The van der Waals surface area contributed by atoms with Gasteiger partial charge in [-0.15, -0.1) is 0 Å². The molecule has 0 fully saturated rings. The van der Waals surface area contributed by atoms with Gasteiger partial charge in [-0.2, -0.15) is 0 Å². The molecule has 19 heavy (non-hydrogen) atoms. The monoisotopic (exact) mass is 310 g/mol. The highest BCUT2D eigenvalue weighted by molar-refractivity contribution is 7.80. The molecule has 0 aliphatic carbocycles. The first-order valence-electron chi connectivity index (χ1n) is 5.60. The summed E-state index contributed by atoms with van der Waals surface area (Å²) < 4.78 is 0. The predicted molar refractivity (Wildman–Crippen MR) is 86.8 cm³/mol. The van der Waals surface area contributed by atoms with Gasteiger partial charge in [0, 0.05) is 16.3 Å². The Morgan fingerprint density at radius 3 is 2.47 bits per heavy atom. The molecule has 0 saturated heterocycles. The van der Waals surface area contributed by atoms with Crippen LogP contribution in [0.5, 0.6) is 0 Å². The third-order valence-corrected chi connectivity index (χ3v) is 3.41. The van der Waals surface area contributed by atoms with Crippen LogP contribution in [0.15, 0.2) is 36.4 Å². The van der Waals surface area contributed by atoms with Crippen molar-refractivity contribution in [3.63, 3.8) is 0 Å². The first-order valence-corrected chi connectivity index (χ1v) is 6.76. The van der Waals surface area contributed by atoms with Gasteiger partial charge in [0.25, 0.3) is 0 Å². The molecule has 2 rings (SSSR count). The number of benzene rings is 2. The van der Waals surface area contributed by atoms with Gasteiger partial charge in [0.15, 0.2) is 0 Å². The zero-order valence-electron chi connectivity index (χ0n) is 10.2. The summed E-state index contributed by atoms with van der Waals surface area (Å²) in [6.07, 6.45) is 0. The Kier molecular flexibility index (Phi) is 4.30. The minimum Gasteiger partial charge on any atom is -0.389 e. The summed E-state index contributed by atoms with van der Waals surface area (Å²) in [5, 5.41) is 4.37. The molecule has 98 valence electrons. The summed E-state index contributed by atoms with van der Waals surface area (Å²) in [6.45, 7) is 2.00. The summed E-state index contributed by atoms with van der Waals surface area (Å²) >= 11 is 17.1. The molecule has 0 atom stereocenters. The fourth-order valence-electron chi connectivity index (χ4n) is 1.71. The van der Waals surface area contributed by atoms with Crippen LogP contribution in [0.3, 0.4) is 0 Å². The van der Waals surface area contributed by atoms with E-state index in [2.05, 4.69) is 5.32 Å². The van der Waals surface area contributed by atoms with E-state index in [-0.39, 0.29) is 0 Å². The Labute approximate surface area is 127 Å². The van der Waals surface area contributed by atoms with Gasteiger partial charge in [0.2, 0.25) is 0 Å². The van der Waals surface area contributed by atoms with Gasteiger partial charge in [-0.1, -0.05) is 41.5 Å². The lowest BCUT2D eigenvalue weighted by Crippen LogP contribution is -2.12. The lowest BCUT2D eigenvalue weighted by atomic mass is 10.1. The number of halogens is 2. The van der Waals surface area contributed by atoms with Crippen LogP contribution in [0.2, 0.25) is 10.0 Å². The molecule has 2 nitrogen and oxygen atoms in total. The summed E-state index contributed by atoms with van der Waals surface area (Å²) in [5.74, 6) is 0. The molecule has 3 N–H and O–H groups in total. The van der Waals surface area contributed by atoms with Crippen LogP contribution in [0, 0.1) is 6.92 Å². The van der Waals surface area contributed by atoms with Crippen molar-refractivity contribution in [3.05, 3.63) is 57.6 Å². The highest BCUT2D eigenvalue weighted by atomic mass is 35.5. The second kappa shape index (κ2) is 5.78. The molecule has 0 aliphatic heterocycles. The molecule has 2 aromatic rings. The molecule has 2 aromatic carbocycles. The lowest BCUT2D eigenvalue weighted by Gasteiger charge is -2.13. The van der Waals surface area contributed by atoms with Crippen molar-refractivity contribution in [2.45, 2.75) is 6.92 Å². The molecule has 0 amide bonds. The second-order valence-electron chi connectivity index (χ2n) is 4.16. The number of thiocarbonyl (C=S) groups is 1. The van der Waals surface area contributed by atoms with Crippen molar-refractivity contribution in [1.29, 1.82) is 0 Å². The quantitative estimate of drug-likeness (QED) is 0.808. The Bertz CT molecular complexity index is 641. The summed E-state index contributed by atoms with van der Waals surface area (Å²) in [4.78, 5) is 0.340. The first kappa shape index (κ1) is 14.1. The molecule has 0 aromatic heterocycles. The molecule has 5 heteroatoms. The van der Waals surface area contributed by atoms with Gasteiger partial charge in [0.05, 0.1) is 10.7 Å². The molecule has 0 saturated carbocycles. The van der Waals surface area contributed by atoms with Gasteiger partial charge < -0.3 is 11.1 Å². The molecule has 0 unspecified atom stereocenters. The van der Waals surface area contributed by atoms with E-state index in [1.165, 1.54) is 0 Å². The van der Waals surface area contributed by atoms with Crippen LogP contribution >= 0.6 is 35.4 Å². The smallest absolute Gasteiger partial charge is 0.106 e. The van der Waals surface area contributed by atoms with Crippen molar-refractivity contribution in [1.82, 2.24) is 0 Å². The average molecular weight is 311 g/mol. The zero-order valence-corrected chi connectivity index (χ0v) is 12.5. The normalized spacial score (nSPS) is 10.3. The predicted octanol–water partition coefficient (Wildman–Crippen LogP) is 4.68. The fraction of sp³-hybridized carbons (Fsp3) is 0.0714. The van der Waals surface area contributed by atoms with Crippen LogP contribution < -0.4 is 11.1 Å². The van der Waals surface area contributed by atoms with Crippen LogP contribution in [-0.4, -0.2) is 4.99 Å². The number of nitrogens with two attached hydrogens (primary N) is 1. The average Bonchev–Trinajstić information content (AvgIpc) is 2.32. The summed E-state index contributed by atoms with van der Waals surface area (Å²) in [7, 11) is 0. The van der Waals surface area contributed by atoms with Crippen LogP contribution in [-0.2, 0) is 0 Å². The highest BCUT2D eigenvalue weighted by Crippen LogP contribution is 2.30. The largest absolute Gasteiger partial charge is 0.389 e. The Balaban J connectivity index is 2.42. The number of nitrogens with one attached hydrogen (secondary N) is 1. The number of rotatable bonds is 3. The molecule has 0 radical (unpaired) electrons. The minimum absolute atomic E-state index is 0.340. The molecule has 0 heterocycles. The number of hydrogen-bond acceptors (Lipinski definition) is 2. The van der Waals surface area contributed by atoms with Crippen molar-refractivity contribution in [2.24, 2.45) is 5.73 Å².